The fraction of sp³-hybridized carbons (Fsp3) is 0.944. The number of carbonyl (C=O) groups excluding carboxylic acids is 4. The number of unbranched alkanes of at least 4 members (excludes halogenated alkanes) is 35. The first kappa shape index (κ1) is 88.1. The maximum Gasteiger partial charge on any atom is 0.472 e. The van der Waals surface area contributed by atoms with E-state index in [1.165, 1.54) is 154 Å². The van der Waals surface area contributed by atoms with Crippen molar-refractivity contribution in [3.8, 4) is 0 Å². The van der Waals surface area contributed by atoms with Crippen LogP contribution >= 0.6 is 15.6 Å². The molecule has 534 valence electrons. The number of esters is 4. The first-order valence-corrected chi connectivity index (χ1v) is 39.9. The second-order valence-electron chi connectivity index (χ2n) is 26.6. The minimum absolute atomic E-state index is 0.104. The molecule has 3 N–H and O–H groups in total. The SMILES string of the molecule is CCCCCCCCCC(=O)OC[C@H](COP(=O)(O)OC[C@H](O)COP(=O)(O)OC[C@@H](COC(=O)CCCCCCCCCCC(C)CC)OC(=O)CCCCCCCCCCCCCCCCCCC(C)C)OC(=O)CCCCCCCCCCC(C)CC. The molecule has 0 aliphatic heterocycles. The minimum Gasteiger partial charge on any atom is -0.462 e. The van der Waals surface area contributed by atoms with Crippen LogP contribution in [0, 0.1) is 17.8 Å². The molecule has 0 radical (unpaired) electrons. The predicted molar refractivity (Wildman–Crippen MR) is 363 cm³/mol. The van der Waals surface area contributed by atoms with Crippen molar-refractivity contribution in [1.82, 2.24) is 0 Å². The molecule has 0 aliphatic rings. The standard InChI is InChI=1S/C71H138O17P2/c1-8-11-12-13-28-38-45-52-68(73)81-58-66(88-71(76)55-48-41-34-27-25-31-37-44-51-64(7)10-3)60-85-89(77,78)83-56-65(72)57-84-90(79,80)86-61-67(59-82-69(74)53-46-39-32-26-24-30-36-43-50-63(6)9-2)87-70(75)54-47-40-33-23-21-19-17-15-14-16-18-20-22-29-35-42-49-62(4)5/h62-67,72H,8-61H2,1-7H3,(H,77,78)(H,79,80)/t63?,64?,65-,66+,67+/m0/s1. The molecule has 0 bridgehead atoms. The Morgan fingerprint density at radius 1 is 0.322 bits per heavy atom. The highest BCUT2D eigenvalue weighted by molar-refractivity contribution is 7.47. The van der Waals surface area contributed by atoms with Gasteiger partial charge in [-0.2, -0.15) is 0 Å². The lowest BCUT2D eigenvalue weighted by Crippen LogP contribution is -2.30. The van der Waals surface area contributed by atoms with E-state index in [0.29, 0.717) is 25.7 Å². The van der Waals surface area contributed by atoms with Crippen molar-refractivity contribution >= 4 is 39.5 Å². The Balaban J connectivity index is 5.19. The number of aliphatic hydroxyl groups is 1. The second-order valence-corrected chi connectivity index (χ2v) is 29.5. The van der Waals surface area contributed by atoms with Crippen LogP contribution in [0.15, 0.2) is 0 Å². The number of hydrogen-bond acceptors (Lipinski definition) is 15. The van der Waals surface area contributed by atoms with Gasteiger partial charge in [-0.25, -0.2) is 9.13 Å². The lowest BCUT2D eigenvalue weighted by molar-refractivity contribution is -0.161. The average molecular weight is 1330 g/mol. The summed E-state index contributed by atoms with van der Waals surface area (Å²) in [6, 6.07) is 0. The summed E-state index contributed by atoms with van der Waals surface area (Å²) in [5.41, 5.74) is 0. The molecule has 90 heavy (non-hydrogen) atoms. The first-order valence-electron chi connectivity index (χ1n) is 36.9. The van der Waals surface area contributed by atoms with E-state index >= 15 is 0 Å². The van der Waals surface area contributed by atoms with Crippen molar-refractivity contribution in [3.63, 3.8) is 0 Å². The highest BCUT2D eigenvalue weighted by atomic mass is 31.2. The van der Waals surface area contributed by atoms with E-state index in [0.717, 1.165) is 120 Å². The molecule has 4 unspecified atom stereocenters. The second kappa shape index (κ2) is 61.9. The van der Waals surface area contributed by atoms with Crippen LogP contribution < -0.4 is 0 Å². The molecule has 0 aromatic rings. The molecule has 7 atom stereocenters. The van der Waals surface area contributed by atoms with Gasteiger partial charge in [0.05, 0.1) is 26.4 Å². The van der Waals surface area contributed by atoms with Gasteiger partial charge in [-0.15, -0.1) is 0 Å². The summed E-state index contributed by atoms with van der Waals surface area (Å²) >= 11 is 0. The third-order valence-electron chi connectivity index (χ3n) is 17.1. The van der Waals surface area contributed by atoms with E-state index in [-0.39, 0.29) is 25.7 Å². The topological polar surface area (TPSA) is 237 Å². The van der Waals surface area contributed by atoms with E-state index in [4.69, 9.17) is 37.0 Å². The van der Waals surface area contributed by atoms with E-state index in [9.17, 15) is 43.2 Å². The van der Waals surface area contributed by atoms with Crippen LogP contribution in [0.3, 0.4) is 0 Å². The normalized spacial score (nSPS) is 14.8. The summed E-state index contributed by atoms with van der Waals surface area (Å²) in [6.07, 6.45) is 45.9. The number of ether oxygens (including phenoxy) is 4. The Morgan fingerprint density at radius 2 is 0.567 bits per heavy atom. The molecular weight excluding hydrogens is 1190 g/mol. The summed E-state index contributed by atoms with van der Waals surface area (Å²) in [5, 5.41) is 10.6. The van der Waals surface area contributed by atoms with Crippen LogP contribution in [-0.4, -0.2) is 96.7 Å². The van der Waals surface area contributed by atoms with E-state index in [1.807, 2.05) is 0 Å². The van der Waals surface area contributed by atoms with Gasteiger partial charge in [-0.05, 0) is 43.4 Å². The van der Waals surface area contributed by atoms with Crippen molar-refractivity contribution in [2.75, 3.05) is 39.6 Å². The van der Waals surface area contributed by atoms with Gasteiger partial charge < -0.3 is 33.8 Å². The van der Waals surface area contributed by atoms with Crippen molar-refractivity contribution in [1.29, 1.82) is 0 Å². The summed E-state index contributed by atoms with van der Waals surface area (Å²) in [4.78, 5) is 72.4. The van der Waals surface area contributed by atoms with Gasteiger partial charge in [-0.1, -0.05) is 305 Å². The Hall–Kier alpha value is -1.94. The van der Waals surface area contributed by atoms with Crippen LogP contribution in [-0.2, 0) is 65.4 Å². The quantitative estimate of drug-likeness (QED) is 0.0222. The van der Waals surface area contributed by atoms with E-state index in [2.05, 4.69) is 48.5 Å². The number of carbonyl (C=O) groups is 4. The maximum atomic E-state index is 13.0. The van der Waals surface area contributed by atoms with Gasteiger partial charge in [0.1, 0.15) is 19.3 Å². The third kappa shape index (κ3) is 62.2. The van der Waals surface area contributed by atoms with Crippen molar-refractivity contribution in [2.24, 2.45) is 17.8 Å². The molecule has 0 saturated heterocycles. The van der Waals surface area contributed by atoms with Gasteiger partial charge in [0.25, 0.3) is 0 Å². The van der Waals surface area contributed by atoms with Crippen molar-refractivity contribution < 1.29 is 80.2 Å². The van der Waals surface area contributed by atoms with E-state index in [1.54, 1.807) is 0 Å². The third-order valence-corrected chi connectivity index (χ3v) is 19.0. The lowest BCUT2D eigenvalue weighted by Gasteiger charge is -2.21. The largest absolute Gasteiger partial charge is 0.472 e. The fourth-order valence-electron chi connectivity index (χ4n) is 10.7. The summed E-state index contributed by atoms with van der Waals surface area (Å²) in [5.74, 6) is 0.226. The van der Waals surface area contributed by atoms with Gasteiger partial charge >= 0.3 is 39.5 Å². The zero-order valence-electron chi connectivity index (χ0n) is 58.6. The molecule has 0 heterocycles. The van der Waals surface area contributed by atoms with Gasteiger partial charge in [0.2, 0.25) is 0 Å². The highest BCUT2D eigenvalue weighted by Gasteiger charge is 2.30. The minimum atomic E-state index is -4.95. The number of phosphoric acid groups is 2. The smallest absolute Gasteiger partial charge is 0.462 e. The molecule has 19 heteroatoms. The maximum absolute atomic E-state index is 13.0. The molecule has 0 aromatic heterocycles. The summed E-state index contributed by atoms with van der Waals surface area (Å²) < 4.78 is 68.2. The molecule has 0 amide bonds. The Bertz CT molecular complexity index is 1770. The van der Waals surface area contributed by atoms with Gasteiger partial charge in [0.15, 0.2) is 12.2 Å². The van der Waals surface area contributed by atoms with Crippen LogP contribution in [0.5, 0.6) is 0 Å². The molecule has 17 nitrogen and oxygen atoms in total. The monoisotopic (exact) mass is 1320 g/mol. The zero-order valence-corrected chi connectivity index (χ0v) is 60.4. The summed E-state index contributed by atoms with van der Waals surface area (Å²) in [6.45, 7) is 11.8. The van der Waals surface area contributed by atoms with Crippen LogP contribution in [0.1, 0.15) is 357 Å². The van der Waals surface area contributed by atoms with Crippen molar-refractivity contribution in [3.05, 3.63) is 0 Å². The lowest BCUT2D eigenvalue weighted by atomic mass is 9.99. The molecule has 0 spiro atoms. The van der Waals surface area contributed by atoms with Gasteiger partial charge in [-0.3, -0.25) is 37.3 Å². The molecular formula is C71H138O17P2. The molecule has 0 aromatic carbocycles. The molecule has 0 aliphatic carbocycles. The van der Waals surface area contributed by atoms with E-state index < -0.39 is 97.5 Å². The van der Waals surface area contributed by atoms with Crippen LogP contribution in [0.25, 0.3) is 0 Å². The van der Waals surface area contributed by atoms with Crippen molar-refractivity contribution in [2.45, 2.75) is 375 Å². The fourth-order valence-corrected chi connectivity index (χ4v) is 12.2. The van der Waals surface area contributed by atoms with Crippen LogP contribution in [0.2, 0.25) is 0 Å². The number of hydrogen-bond donors (Lipinski definition) is 3. The Labute approximate surface area is 549 Å². The van der Waals surface area contributed by atoms with Crippen LogP contribution in [0.4, 0.5) is 0 Å². The number of aliphatic hydroxyl groups excluding tert-OH is 1. The number of rotatable bonds is 69. The molecule has 0 fully saturated rings. The zero-order chi connectivity index (χ0) is 66.6. The Kier molecular flexibility index (Phi) is 60.6. The highest BCUT2D eigenvalue weighted by Crippen LogP contribution is 2.45. The first-order chi connectivity index (χ1) is 43.3. The molecule has 0 saturated carbocycles. The molecule has 0 rings (SSSR count). The average Bonchev–Trinajstić information content (AvgIpc) is 2.94. The Morgan fingerprint density at radius 3 is 0.844 bits per heavy atom. The number of phosphoric ester groups is 2. The summed E-state index contributed by atoms with van der Waals surface area (Å²) in [7, 11) is -9.90. The van der Waals surface area contributed by atoms with Gasteiger partial charge in [0, 0.05) is 25.7 Å². The predicted octanol–water partition coefficient (Wildman–Crippen LogP) is 20.2.